The van der Waals surface area contributed by atoms with Gasteiger partial charge in [0.15, 0.2) is 0 Å². The molecule has 0 atom stereocenters. The summed E-state index contributed by atoms with van der Waals surface area (Å²) >= 11 is 5.68. The van der Waals surface area contributed by atoms with Gasteiger partial charge in [-0.25, -0.2) is 4.39 Å². The standard InChI is InChI=1S/C17H19ClFNO/c1-3-8-20-11-13-9-12(2)4-7-17(13)21-14-5-6-15(18)16(19)10-14/h4-7,9-10,20H,3,8,11H2,1-2H3. The van der Waals surface area contributed by atoms with Crippen LogP contribution in [0.2, 0.25) is 5.02 Å². The summed E-state index contributed by atoms with van der Waals surface area (Å²) in [5, 5.41) is 3.44. The molecule has 0 heterocycles. The first-order valence-corrected chi connectivity index (χ1v) is 7.41. The normalized spacial score (nSPS) is 10.7. The third-order valence-electron chi connectivity index (χ3n) is 3.08. The van der Waals surface area contributed by atoms with E-state index in [9.17, 15) is 4.39 Å². The summed E-state index contributed by atoms with van der Waals surface area (Å²) in [6, 6.07) is 10.4. The zero-order chi connectivity index (χ0) is 15.2. The predicted octanol–water partition coefficient (Wildman–Crippen LogP) is 5.08. The van der Waals surface area contributed by atoms with Crippen LogP contribution in [0, 0.1) is 12.7 Å². The highest BCUT2D eigenvalue weighted by Crippen LogP contribution is 2.28. The molecule has 0 amide bonds. The maximum Gasteiger partial charge on any atom is 0.145 e. The van der Waals surface area contributed by atoms with E-state index >= 15 is 0 Å². The van der Waals surface area contributed by atoms with Crippen molar-refractivity contribution in [1.82, 2.24) is 5.32 Å². The highest BCUT2D eigenvalue weighted by molar-refractivity contribution is 6.30. The van der Waals surface area contributed by atoms with Crippen LogP contribution in [0.5, 0.6) is 11.5 Å². The van der Waals surface area contributed by atoms with Crippen LogP contribution in [0.1, 0.15) is 24.5 Å². The van der Waals surface area contributed by atoms with Crippen LogP contribution in [0.4, 0.5) is 4.39 Å². The summed E-state index contributed by atoms with van der Waals surface area (Å²) in [4.78, 5) is 0. The Kier molecular flexibility index (Phi) is 5.59. The fourth-order valence-electron chi connectivity index (χ4n) is 2.01. The Morgan fingerprint density at radius 2 is 2.00 bits per heavy atom. The smallest absolute Gasteiger partial charge is 0.145 e. The molecule has 0 saturated carbocycles. The fraction of sp³-hybridized carbons (Fsp3) is 0.294. The van der Waals surface area contributed by atoms with Gasteiger partial charge in [0, 0.05) is 18.2 Å². The maximum absolute atomic E-state index is 13.5. The van der Waals surface area contributed by atoms with Gasteiger partial charge in [-0.3, -0.25) is 0 Å². The molecule has 0 bridgehead atoms. The van der Waals surface area contributed by atoms with Gasteiger partial charge < -0.3 is 10.1 Å². The van der Waals surface area contributed by atoms with Crippen molar-refractivity contribution < 1.29 is 9.13 Å². The Bertz CT molecular complexity index is 616. The summed E-state index contributed by atoms with van der Waals surface area (Å²) in [5.41, 5.74) is 2.22. The van der Waals surface area contributed by atoms with Crippen LogP contribution in [0.25, 0.3) is 0 Å². The first-order valence-electron chi connectivity index (χ1n) is 7.03. The van der Waals surface area contributed by atoms with Gasteiger partial charge in [-0.05, 0) is 38.1 Å². The lowest BCUT2D eigenvalue weighted by Crippen LogP contribution is -2.14. The quantitative estimate of drug-likeness (QED) is 0.751. The number of benzene rings is 2. The SMILES string of the molecule is CCCNCc1cc(C)ccc1Oc1ccc(Cl)c(F)c1. The highest BCUT2D eigenvalue weighted by Gasteiger charge is 2.07. The Labute approximate surface area is 129 Å². The van der Waals surface area contributed by atoms with E-state index in [-0.39, 0.29) is 5.02 Å². The van der Waals surface area contributed by atoms with E-state index in [1.807, 2.05) is 19.1 Å². The number of aryl methyl sites for hydroxylation is 1. The van der Waals surface area contributed by atoms with E-state index in [2.05, 4.69) is 18.3 Å². The third kappa shape index (κ3) is 4.45. The van der Waals surface area contributed by atoms with Gasteiger partial charge in [0.2, 0.25) is 0 Å². The van der Waals surface area contributed by atoms with Crippen molar-refractivity contribution in [2.75, 3.05) is 6.54 Å². The molecule has 4 heteroatoms. The van der Waals surface area contributed by atoms with E-state index in [1.165, 1.54) is 12.1 Å². The third-order valence-corrected chi connectivity index (χ3v) is 3.38. The van der Waals surface area contributed by atoms with Gasteiger partial charge in [0.25, 0.3) is 0 Å². The van der Waals surface area contributed by atoms with E-state index < -0.39 is 5.82 Å². The zero-order valence-corrected chi connectivity index (χ0v) is 13.0. The van der Waals surface area contributed by atoms with Gasteiger partial charge in [-0.2, -0.15) is 0 Å². The second-order valence-electron chi connectivity index (χ2n) is 4.97. The lowest BCUT2D eigenvalue weighted by molar-refractivity contribution is 0.467. The van der Waals surface area contributed by atoms with Crippen molar-refractivity contribution in [1.29, 1.82) is 0 Å². The van der Waals surface area contributed by atoms with Crippen molar-refractivity contribution in [3.05, 3.63) is 58.4 Å². The Morgan fingerprint density at radius 3 is 2.71 bits per heavy atom. The lowest BCUT2D eigenvalue weighted by atomic mass is 10.1. The number of hydrogen-bond acceptors (Lipinski definition) is 2. The maximum atomic E-state index is 13.5. The Morgan fingerprint density at radius 1 is 1.19 bits per heavy atom. The molecule has 2 nitrogen and oxygen atoms in total. The Balaban J connectivity index is 2.19. The molecule has 1 N–H and O–H groups in total. The second-order valence-corrected chi connectivity index (χ2v) is 5.37. The first-order chi connectivity index (χ1) is 10.1. The zero-order valence-electron chi connectivity index (χ0n) is 12.2. The molecule has 112 valence electrons. The minimum Gasteiger partial charge on any atom is -0.457 e. The van der Waals surface area contributed by atoms with Gasteiger partial charge in [-0.15, -0.1) is 0 Å². The molecule has 21 heavy (non-hydrogen) atoms. The van der Waals surface area contributed by atoms with Crippen molar-refractivity contribution in [3.8, 4) is 11.5 Å². The predicted molar refractivity (Wildman–Crippen MR) is 84.7 cm³/mol. The van der Waals surface area contributed by atoms with Crippen LogP contribution in [-0.4, -0.2) is 6.54 Å². The Hall–Kier alpha value is -1.58. The van der Waals surface area contributed by atoms with Gasteiger partial charge in [0.1, 0.15) is 17.3 Å². The van der Waals surface area contributed by atoms with E-state index in [0.29, 0.717) is 5.75 Å². The lowest BCUT2D eigenvalue weighted by Gasteiger charge is -2.13. The van der Waals surface area contributed by atoms with Crippen LogP contribution >= 0.6 is 11.6 Å². The first kappa shape index (κ1) is 15.8. The number of ether oxygens (including phenoxy) is 1. The van der Waals surface area contributed by atoms with E-state index in [4.69, 9.17) is 16.3 Å². The molecule has 2 aromatic carbocycles. The molecule has 0 aliphatic rings. The molecule has 0 radical (unpaired) electrons. The van der Waals surface area contributed by atoms with Crippen molar-refractivity contribution in [2.24, 2.45) is 0 Å². The molecule has 0 saturated heterocycles. The largest absolute Gasteiger partial charge is 0.457 e. The number of nitrogens with one attached hydrogen (secondary N) is 1. The molecule has 0 unspecified atom stereocenters. The number of rotatable bonds is 6. The molecule has 0 aliphatic carbocycles. The molecule has 0 fully saturated rings. The molecular weight excluding hydrogens is 289 g/mol. The van der Waals surface area contributed by atoms with Crippen LogP contribution in [-0.2, 0) is 6.54 Å². The summed E-state index contributed by atoms with van der Waals surface area (Å²) in [6.07, 6.45) is 1.07. The van der Waals surface area contributed by atoms with E-state index in [1.54, 1.807) is 6.07 Å². The van der Waals surface area contributed by atoms with Crippen molar-refractivity contribution >= 4 is 11.6 Å². The molecule has 2 aromatic rings. The minimum atomic E-state index is -0.480. The highest BCUT2D eigenvalue weighted by atomic mass is 35.5. The van der Waals surface area contributed by atoms with Crippen LogP contribution in [0.15, 0.2) is 36.4 Å². The van der Waals surface area contributed by atoms with Crippen LogP contribution in [0.3, 0.4) is 0 Å². The number of hydrogen-bond donors (Lipinski definition) is 1. The van der Waals surface area contributed by atoms with E-state index in [0.717, 1.165) is 36.4 Å². The molecule has 0 aromatic heterocycles. The van der Waals surface area contributed by atoms with Gasteiger partial charge >= 0.3 is 0 Å². The summed E-state index contributed by atoms with van der Waals surface area (Å²) in [7, 11) is 0. The van der Waals surface area contributed by atoms with Crippen LogP contribution < -0.4 is 10.1 Å². The number of halogens is 2. The van der Waals surface area contributed by atoms with Gasteiger partial charge in [0.05, 0.1) is 5.02 Å². The van der Waals surface area contributed by atoms with Gasteiger partial charge in [-0.1, -0.05) is 36.2 Å². The molecular formula is C17H19ClFNO. The van der Waals surface area contributed by atoms with Crippen molar-refractivity contribution in [2.45, 2.75) is 26.8 Å². The van der Waals surface area contributed by atoms with Crippen molar-refractivity contribution in [3.63, 3.8) is 0 Å². The fourth-order valence-corrected chi connectivity index (χ4v) is 2.13. The monoisotopic (exact) mass is 307 g/mol. The summed E-state index contributed by atoms with van der Waals surface area (Å²) in [5.74, 6) is 0.690. The molecule has 2 rings (SSSR count). The molecule has 0 spiro atoms. The minimum absolute atomic E-state index is 0.0936. The average molecular weight is 308 g/mol. The summed E-state index contributed by atoms with van der Waals surface area (Å²) < 4.78 is 19.3. The molecule has 0 aliphatic heterocycles. The topological polar surface area (TPSA) is 21.3 Å². The second kappa shape index (κ2) is 7.43. The summed E-state index contributed by atoms with van der Waals surface area (Å²) in [6.45, 7) is 5.83. The average Bonchev–Trinajstić information content (AvgIpc) is 2.46.